The lowest BCUT2D eigenvalue weighted by atomic mass is 10.0. The van der Waals surface area contributed by atoms with Crippen LogP contribution in [0.15, 0.2) is 18.2 Å². The summed E-state index contributed by atoms with van der Waals surface area (Å²) in [5.41, 5.74) is -0.189. The van der Waals surface area contributed by atoms with E-state index < -0.39 is 17.7 Å². The first-order chi connectivity index (χ1) is 6.51. The van der Waals surface area contributed by atoms with Gasteiger partial charge in [0, 0.05) is 11.5 Å². The molecule has 0 nitrogen and oxygen atoms in total. The number of rotatable bonds is 2. The van der Waals surface area contributed by atoms with E-state index in [2.05, 4.69) is 0 Å². The zero-order chi connectivity index (χ0) is 10.3. The van der Waals surface area contributed by atoms with Crippen molar-refractivity contribution in [2.75, 3.05) is 0 Å². The molecule has 1 aromatic carbocycles. The van der Waals surface area contributed by atoms with Crippen LogP contribution in [-0.4, -0.2) is 0 Å². The van der Waals surface area contributed by atoms with Gasteiger partial charge in [0.15, 0.2) is 0 Å². The van der Waals surface area contributed by atoms with Crippen LogP contribution in [0.1, 0.15) is 18.4 Å². The van der Waals surface area contributed by atoms with Crippen LogP contribution in [0.4, 0.5) is 13.2 Å². The molecule has 1 saturated carbocycles. The Balaban J connectivity index is 2.36. The Morgan fingerprint density at radius 3 is 2.43 bits per heavy atom. The fraction of sp³-hybridized carbons (Fsp3) is 0.400. The van der Waals surface area contributed by atoms with Crippen molar-refractivity contribution in [3.63, 3.8) is 0 Å². The summed E-state index contributed by atoms with van der Waals surface area (Å²) >= 11 is 5.44. The van der Waals surface area contributed by atoms with Crippen molar-refractivity contribution < 1.29 is 13.2 Å². The topological polar surface area (TPSA) is 0 Å². The summed E-state index contributed by atoms with van der Waals surface area (Å²) in [6.07, 6.45) is 1.06. The van der Waals surface area contributed by atoms with E-state index in [4.69, 9.17) is 11.6 Å². The minimum Gasteiger partial charge on any atom is -0.205 e. The number of benzene rings is 1. The highest BCUT2D eigenvalue weighted by atomic mass is 35.5. The zero-order valence-electron chi connectivity index (χ0n) is 7.24. The van der Waals surface area contributed by atoms with Gasteiger partial charge in [-0.3, -0.25) is 0 Å². The quantitative estimate of drug-likeness (QED) is 0.707. The molecule has 2 rings (SSSR count). The molecule has 1 aromatic rings. The molecular weight excluding hydrogens is 213 g/mol. The third-order valence-corrected chi connectivity index (χ3v) is 2.68. The summed E-state index contributed by atoms with van der Waals surface area (Å²) in [5, 5.41) is -0.247. The van der Waals surface area contributed by atoms with Crippen molar-refractivity contribution in [3.8, 4) is 0 Å². The highest BCUT2D eigenvalue weighted by Crippen LogP contribution is 2.49. The standard InChI is InChI=1S/C10H8ClF3/c11-8-5-7(3-4-9(8)12)10(13,14)6-1-2-6/h3-6H,1-2H2. The molecule has 0 heterocycles. The van der Waals surface area contributed by atoms with Gasteiger partial charge >= 0.3 is 0 Å². The normalized spacial score (nSPS) is 17.1. The summed E-state index contributed by atoms with van der Waals surface area (Å²) in [4.78, 5) is 0. The lowest BCUT2D eigenvalue weighted by Crippen LogP contribution is -2.15. The minimum absolute atomic E-state index is 0.189. The highest BCUT2D eigenvalue weighted by Gasteiger charge is 2.48. The van der Waals surface area contributed by atoms with Crippen LogP contribution in [0.3, 0.4) is 0 Å². The fourth-order valence-corrected chi connectivity index (χ4v) is 1.57. The third-order valence-electron chi connectivity index (χ3n) is 2.39. The van der Waals surface area contributed by atoms with Gasteiger partial charge in [0.05, 0.1) is 5.02 Å². The molecule has 0 aromatic heterocycles. The lowest BCUT2D eigenvalue weighted by Gasteiger charge is -2.15. The Kier molecular flexibility index (Phi) is 2.22. The van der Waals surface area contributed by atoms with Crippen LogP contribution in [0, 0.1) is 11.7 Å². The summed E-state index contributed by atoms with van der Waals surface area (Å²) in [7, 11) is 0. The Labute approximate surface area is 84.7 Å². The monoisotopic (exact) mass is 220 g/mol. The predicted molar refractivity (Wildman–Crippen MR) is 48.0 cm³/mol. The van der Waals surface area contributed by atoms with Crippen LogP contribution >= 0.6 is 11.6 Å². The fourth-order valence-electron chi connectivity index (χ4n) is 1.39. The zero-order valence-corrected chi connectivity index (χ0v) is 7.99. The summed E-state index contributed by atoms with van der Waals surface area (Å²) in [6, 6.07) is 3.09. The van der Waals surface area contributed by atoms with Gasteiger partial charge in [-0.2, -0.15) is 0 Å². The van der Waals surface area contributed by atoms with Crippen LogP contribution in [0.2, 0.25) is 5.02 Å². The molecule has 0 radical (unpaired) electrons. The maximum absolute atomic E-state index is 13.5. The molecule has 0 aliphatic heterocycles. The molecule has 76 valence electrons. The van der Waals surface area contributed by atoms with Crippen molar-refractivity contribution in [1.82, 2.24) is 0 Å². The number of hydrogen-bond acceptors (Lipinski definition) is 0. The Morgan fingerprint density at radius 2 is 1.93 bits per heavy atom. The first-order valence-corrected chi connectivity index (χ1v) is 4.73. The van der Waals surface area contributed by atoms with Crippen molar-refractivity contribution in [1.29, 1.82) is 0 Å². The maximum atomic E-state index is 13.5. The smallest absolute Gasteiger partial charge is 0.205 e. The van der Waals surface area contributed by atoms with Gasteiger partial charge in [-0.05, 0) is 25.0 Å². The number of hydrogen-bond donors (Lipinski definition) is 0. The first-order valence-electron chi connectivity index (χ1n) is 4.35. The van der Waals surface area contributed by atoms with Crippen LogP contribution in [0.5, 0.6) is 0 Å². The molecule has 4 heteroatoms. The van der Waals surface area contributed by atoms with Crippen LogP contribution in [-0.2, 0) is 5.92 Å². The van der Waals surface area contributed by atoms with Crippen molar-refractivity contribution >= 4 is 11.6 Å². The van der Waals surface area contributed by atoms with Gasteiger partial charge in [-0.15, -0.1) is 0 Å². The van der Waals surface area contributed by atoms with Crippen molar-refractivity contribution in [3.05, 3.63) is 34.6 Å². The van der Waals surface area contributed by atoms with Crippen LogP contribution < -0.4 is 0 Å². The van der Waals surface area contributed by atoms with E-state index in [-0.39, 0.29) is 10.6 Å². The predicted octanol–water partition coefficient (Wildman–Crippen LogP) is 3.98. The molecule has 0 bridgehead atoms. The lowest BCUT2D eigenvalue weighted by molar-refractivity contribution is -0.0285. The van der Waals surface area contributed by atoms with Crippen molar-refractivity contribution in [2.45, 2.75) is 18.8 Å². The second-order valence-electron chi connectivity index (χ2n) is 3.53. The van der Waals surface area contributed by atoms with Gasteiger partial charge in [-0.1, -0.05) is 17.7 Å². The molecule has 0 unspecified atom stereocenters. The Morgan fingerprint density at radius 1 is 1.29 bits per heavy atom. The molecule has 1 fully saturated rings. The number of alkyl halides is 2. The third kappa shape index (κ3) is 1.61. The van der Waals surface area contributed by atoms with E-state index in [1.807, 2.05) is 0 Å². The van der Waals surface area contributed by atoms with Gasteiger partial charge in [0.2, 0.25) is 0 Å². The Hall–Kier alpha value is -0.700. The summed E-state index contributed by atoms with van der Waals surface area (Å²) < 4.78 is 39.7. The highest BCUT2D eigenvalue weighted by molar-refractivity contribution is 6.30. The molecular formula is C10H8ClF3. The number of halogens is 4. The molecule has 0 spiro atoms. The van der Waals surface area contributed by atoms with Crippen molar-refractivity contribution in [2.24, 2.45) is 5.92 Å². The Bertz CT molecular complexity index is 358. The molecule has 14 heavy (non-hydrogen) atoms. The summed E-state index contributed by atoms with van der Waals surface area (Å²) in [5.74, 6) is -4.12. The van der Waals surface area contributed by atoms with E-state index in [1.54, 1.807) is 0 Å². The van der Waals surface area contributed by atoms with Gasteiger partial charge in [0.1, 0.15) is 5.82 Å². The van der Waals surface area contributed by atoms with E-state index in [1.165, 1.54) is 0 Å². The van der Waals surface area contributed by atoms with Crippen LogP contribution in [0.25, 0.3) is 0 Å². The average molecular weight is 221 g/mol. The molecule has 0 amide bonds. The molecule has 0 N–H and O–H groups in total. The molecule has 1 aliphatic carbocycles. The van der Waals surface area contributed by atoms with Gasteiger partial charge < -0.3 is 0 Å². The average Bonchev–Trinajstić information content (AvgIpc) is 2.92. The minimum atomic E-state index is -2.86. The SMILES string of the molecule is Fc1ccc(C(F)(F)C2CC2)cc1Cl. The van der Waals surface area contributed by atoms with Gasteiger partial charge in [-0.25, -0.2) is 13.2 Å². The molecule has 0 saturated heterocycles. The van der Waals surface area contributed by atoms with E-state index in [0.717, 1.165) is 18.2 Å². The molecule has 1 aliphatic rings. The van der Waals surface area contributed by atoms with E-state index in [0.29, 0.717) is 12.8 Å². The maximum Gasteiger partial charge on any atom is 0.276 e. The largest absolute Gasteiger partial charge is 0.276 e. The molecule has 0 atom stereocenters. The second-order valence-corrected chi connectivity index (χ2v) is 3.93. The van der Waals surface area contributed by atoms with E-state index in [9.17, 15) is 13.2 Å². The second kappa shape index (κ2) is 3.16. The van der Waals surface area contributed by atoms with E-state index >= 15 is 0 Å². The van der Waals surface area contributed by atoms with Gasteiger partial charge in [0.25, 0.3) is 5.92 Å². The first kappa shape index (κ1) is 9.84. The summed E-state index contributed by atoms with van der Waals surface area (Å²) in [6.45, 7) is 0.